The fourth-order valence-electron chi connectivity index (χ4n) is 3.77. The summed E-state index contributed by atoms with van der Waals surface area (Å²) < 4.78 is 2.04. The van der Waals surface area contributed by atoms with Crippen molar-refractivity contribution >= 4 is 5.65 Å². The van der Waals surface area contributed by atoms with E-state index in [1.807, 2.05) is 17.5 Å². The lowest BCUT2D eigenvalue weighted by atomic mass is 9.89. The SMILES string of the molecule is CCC(O)c1c(-c2ccc3c(c2)CCCC3)nc2cc(C)ccn12. The maximum atomic E-state index is 10.6. The Morgan fingerprint density at radius 3 is 2.71 bits per heavy atom. The van der Waals surface area contributed by atoms with Crippen molar-refractivity contribution in [1.82, 2.24) is 9.38 Å². The molecule has 2 heterocycles. The number of nitrogens with zero attached hydrogens (tertiary/aromatic N) is 2. The molecule has 1 aliphatic carbocycles. The molecule has 0 amide bonds. The zero-order valence-corrected chi connectivity index (χ0v) is 14.4. The Kier molecular flexibility index (Phi) is 3.89. The second-order valence-corrected chi connectivity index (χ2v) is 6.89. The molecule has 3 nitrogen and oxygen atoms in total. The number of hydrogen-bond donors (Lipinski definition) is 1. The summed E-state index contributed by atoms with van der Waals surface area (Å²) in [5, 5.41) is 10.6. The summed E-state index contributed by atoms with van der Waals surface area (Å²) in [5.74, 6) is 0. The summed E-state index contributed by atoms with van der Waals surface area (Å²) in [6, 6.07) is 10.9. The molecule has 3 aromatic rings. The number of rotatable bonds is 3. The normalized spacial score (nSPS) is 15.5. The van der Waals surface area contributed by atoms with Gasteiger partial charge in [0.15, 0.2) is 0 Å². The van der Waals surface area contributed by atoms with E-state index in [4.69, 9.17) is 4.98 Å². The number of imidazole rings is 1. The number of fused-ring (bicyclic) bond motifs is 2. The molecule has 4 rings (SSSR count). The van der Waals surface area contributed by atoms with Crippen LogP contribution >= 0.6 is 0 Å². The fraction of sp³-hybridized carbons (Fsp3) is 0.381. The number of aryl methyl sites for hydroxylation is 3. The minimum atomic E-state index is -0.506. The molecule has 2 aromatic heterocycles. The predicted molar refractivity (Wildman–Crippen MR) is 97.3 cm³/mol. The second kappa shape index (κ2) is 6.06. The Morgan fingerprint density at radius 2 is 1.92 bits per heavy atom. The largest absolute Gasteiger partial charge is 0.387 e. The number of pyridine rings is 1. The summed E-state index contributed by atoms with van der Waals surface area (Å²) in [6.07, 6.45) is 7.10. The van der Waals surface area contributed by atoms with Crippen molar-refractivity contribution in [2.75, 3.05) is 0 Å². The molecule has 0 radical (unpaired) electrons. The average Bonchev–Trinajstić information content (AvgIpc) is 2.99. The van der Waals surface area contributed by atoms with E-state index in [1.165, 1.54) is 36.0 Å². The first-order valence-electron chi connectivity index (χ1n) is 8.96. The zero-order chi connectivity index (χ0) is 16.7. The first kappa shape index (κ1) is 15.4. The standard InChI is InChI=1S/C21H24N2O/c1-3-18(24)21-20(22-19-12-14(2)10-11-23(19)21)17-9-8-15-6-4-5-7-16(15)13-17/h8-13,18,24H,3-7H2,1-2H3. The van der Waals surface area contributed by atoms with Gasteiger partial charge in [-0.3, -0.25) is 0 Å². The molecule has 3 heteroatoms. The second-order valence-electron chi connectivity index (χ2n) is 6.89. The molecule has 0 spiro atoms. The Balaban J connectivity index is 1.92. The summed E-state index contributed by atoms with van der Waals surface area (Å²) in [6.45, 7) is 4.08. The lowest BCUT2D eigenvalue weighted by molar-refractivity contribution is 0.168. The lowest BCUT2D eigenvalue weighted by Crippen LogP contribution is -2.04. The maximum Gasteiger partial charge on any atom is 0.138 e. The van der Waals surface area contributed by atoms with Gasteiger partial charge in [0.05, 0.1) is 17.5 Å². The summed E-state index contributed by atoms with van der Waals surface area (Å²) in [4.78, 5) is 4.86. The van der Waals surface area contributed by atoms with Crippen molar-refractivity contribution in [3.05, 3.63) is 58.9 Å². The molecular weight excluding hydrogens is 296 g/mol. The van der Waals surface area contributed by atoms with Crippen molar-refractivity contribution in [3.8, 4) is 11.3 Å². The first-order valence-corrected chi connectivity index (χ1v) is 8.96. The van der Waals surface area contributed by atoms with Gasteiger partial charge in [0.2, 0.25) is 0 Å². The van der Waals surface area contributed by atoms with Crippen LogP contribution in [0.15, 0.2) is 36.5 Å². The van der Waals surface area contributed by atoms with Crippen LogP contribution in [0.4, 0.5) is 0 Å². The molecule has 1 unspecified atom stereocenters. The van der Waals surface area contributed by atoms with Gasteiger partial charge in [0.1, 0.15) is 5.65 Å². The molecule has 0 aliphatic heterocycles. The van der Waals surface area contributed by atoms with E-state index < -0.39 is 6.10 Å². The number of aliphatic hydroxyl groups excluding tert-OH is 1. The van der Waals surface area contributed by atoms with Gasteiger partial charge in [-0.25, -0.2) is 4.98 Å². The molecule has 1 atom stereocenters. The van der Waals surface area contributed by atoms with Gasteiger partial charge in [0.25, 0.3) is 0 Å². The molecule has 0 saturated carbocycles. The van der Waals surface area contributed by atoms with Crippen LogP contribution in [0.3, 0.4) is 0 Å². The number of aromatic nitrogens is 2. The van der Waals surface area contributed by atoms with Crippen LogP contribution in [0.5, 0.6) is 0 Å². The quantitative estimate of drug-likeness (QED) is 0.764. The maximum absolute atomic E-state index is 10.6. The van der Waals surface area contributed by atoms with E-state index in [1.54, 1.807) is 0 Å². The molecule has 0 fully saturated rings. The van der Waals surface area contributed by atoms with E-state index in [0.717, 1.165) is 29.0 Å². The Bertz CT molecular complexity index is 894. The smallest absolute Gasteiger partial charge is 0.138 e. The summed E-state index contributed by atoms with van der Waals surface area (Å²) in [5.41, 5.74) is 7.96. The Hall–Kier alpha value is -2.13. The minimum Gasteiger partial charge on any atom is -0.387 e. The zero-order valence-electron chi connectivity index (χ0n) is 14.4. The monoisotopic (exact) mass is 320 g/mol. The van der Waals surface area contributed by atoms with Crippen LogP contribution in [0, 0.1) is 6.92 Å². The average molecular weight is 320 g/mol. The van der Waals surface area contributed by atoms with Crippen LogP contribution < -0.4 is 0 Å². The van der Waals surface area contributed by atoms with Gasteiger partial charge in [-0.05, 0) is 73.9 Å². The molecule has 24 heavy (non-hydrogen) atoms. The number of hydrogen-bond acceptors (Lipinski definition) is 2. The van der Waals surface area contributed by atoms with Gasteiger partial charge >= 0.3 is 0 Å². The molecule has 1 N–H and O–H groups in total. The molecule has 124 valence electrons. The van der Waals surface area contributed by atoms with Gasteiger partial charge in [0, 0.05) is 11.8 Å². The topological polar surface area (TPSA) is 37.5 Å². The van der Waals surface area contributed by atoms with Crippen molar-refractivity contribution in [2.24, 2.45) is 0 Å². The van der Waals surface area contributed by atoms with Gasteiger partial charge < -0.3 is 9.51 Å². The highest BCUT2D eigenvalue weighted by Crippen LogP contribution is 2.33. The van der Waals surface area contributed by atoms with Gasteiger partial charge in [-0.1, -0.05) is 19.1 Å². The van der Waals surface area contributed by atoms with E-state index in [0.29, 0.717) is 6.42 Å². The van der Waals surface area contributed by atoms with Crippen molar-refractivity contribution in [3.63, 3.8) is 0 Å². The number of aliphatic hydroxyl groups is 1. The fourth-order valence-corrected chi connectivity index (χ4v) is 3.77. The van der Waals surface area contributed by atoms with E-state index in [2.05, 4.69) is 37.3 Å². The third kappa shape index (κ3) is 2.53. The molecule has 1 aliphatic rings. The molecule has 0 saturated heterocycles. The highest BCUT2D eigenvalue weighted by Gasteiger charge is 2.21. The number of benzene rings is 1. The minimum absolute atomic E-state index is 0.506. The third-order valence-electron chi connectivity index (χ3n) is 5.14. The van der Waals surface area contributed by atoms with E-state index in [9.17, 15) is 5.11 Å². The predicted octanol–water partition coefficient (Wildman–Crippen LogP) is 4.63. The van der Waals surface area contributed by atoms with Crippen molar-refractivity contribution in [1.29, 1.82) is 0 Å². The molecular formula is C21H24N2O. The molecule has 1 aromatic carbocycles. The van der Waals surface area contributed by atoms with E-state index in [-0.39, 0.29) is 0 Å². The molecule has 0 bridgehead atoms. The van der Waals surface area contributed by atoms with Crippen molar-refractivity contribution in [2.45, 2.75) is 52.1 Å². The van der Waals surface area contributed by atoms with E-state index >= 15 is 0 Å². The van der Waals surface area contributed by atoms with Crippen molar-refractivity contribution < 1.29 is 5.11 Å². The summed E-state index contributed by atoms with van der Waals surface area (Å²) >= 11 is 0. The third-order valence-corrected chi connectivity index (χ3v) is 5.14. The van der Waals surface area contributed by atoms with Crippen LogP contribution in [-0.4, -0.2) is 14.5 Å². The Morgan fingerprint density at radius 1 is 1.12 bits per heavy atom. The summed E-state index contributed by atoms with van der Waals surface area (Å²) in [7, 11) is 0. The van der Waals surface area contributed by atoms with Crippen LogP contribution in [0.25, 0.3) is 16.9 Å². The van der Waals surface area contributed by atoms with Crippen LogP contribution in [0.2, 0.25) is 0 Å². The van der Waals surface area contributed by atoms with Gasteiger partial charge in [-0.2, -0.15) is 0 Å². The highest BCUT2D eigenvalue weighted by molar-refractivity contribution is 5.68. The first-order chi connectivity index (χ1) is 11.7. The van der Waals surface area contributed by atoms with Crippen LogP contribution in [0.1, 0.15) is 54.7 Å². The lowest BCUT2D eigenvalue weighted by Gasteiger charge is -2.17. The van der Waals surface area contributed by atoms with Crippen LogP contribution in [-0.2, 0) is 12.8 Å². The van der Waals surface area contributed by atoms with Gasteiger partial charge in [-0.15, -0.1) is 0 Å². The Labute approximate surface area is 143 Å². The highest BCUT2D eigenvalue weighted by atomic mass is 16.3.